The van der Waals surface area contributed by atoms with Gasteiger partial charge in [0.1, 0.15) is 10.6 Å². The van der Waals surface area contributed by atoms with Crippen molar-refractivity contribution < 1.29 is 17.9 Å². The molecule has 0 spiro atoms. The van der Waals surface area contributed by atoms with Crippen molar-refractivity contribution in [3.05, 3.63) is 80.7 Å². The SMILES string of the molecule is CCOc1ccc(Br)cc1S(=O)(=O)Nc1ccc(C(=O)N2CC(C)(C)c3cc(Br)ccc32)cc1. The molecular formula is C25H24Br2N2O4S. The molecule has 34 heavy (non-hydrogen) atoms. The number of benzene rings is 3. The number of carbonyl (C=O) groups is 1. The first kappa shape index (κ1) is 24.8. The molecule has 0 unspecified atom stereocenters. The molecule has 0 aromatic heterocycles. The molecule has 178 valence electrons. The molecule has 1 N–H and O–H groups in total. The van der Waals surface area contributed by atoms with Crippen molar-refractivity contribution in [1.82, 2.24) is 0 Å². The van der Waals surface area contributed by atoms with E-state index in [1.165, 1.54) is 6.07 Å². The monoisotopic (exact) mass is 606 g/mol. The van der Waals surface area contributed by atoms with Gasteiger partial charge in [0.25, 0.3) is 15.9 Å². The van der Waals surface area contributed by atoms with Gasteiger partial charge in [-0.15, -0.1) is 0 Å². The normalized spacial score (nSPS) is 14.6. The molecule has 9 heteroatoms. The summed E-state index contributed by atoms with van der Waals surface area (Å²) < 4.78 is 35.7. The number of rotatable bonds is 6. The van der Waals surface area contributed by atoms with Gasteiger partial charge in [0, 0.05) is 37.8 Å². The minimum Gasteiger partial charge on any atom is -0.492 e. The van der Waals surface area contributed by atoms with Crippen LogP contribution >= 0.6 is 31.9 Å². The summed E-state index contributed by atoms with van der Waals surface area (Å²) in [5.41, 5.74) is 2.66. The molecule has 1 amide bonds. The molecule has 0 radical (unpaired) electrons. The van der Waals surface area contributed by atoms with Crippen LogP contribution < -0.4 is 14.4 Å². The van der Waals surface area contributed by atoms with Crippen LogP contribution in [0, 0.1) is 0 Å². The predicted molar refractivity (Wildman–Crippen MR) is 141 cm³/mol. The summed E-state index contributed by atoms with van der Waals surface area (Å²) >= 11 is 6.83. The average molecular weight is 608 g/mol. The number of fused-ring (bicyclic) bond motifs is 1. The summed E-state index contributed by atoms with van der Waals surface area (Å²) in [5.74, 6) is 0.140. The lowest BCUT2D eigenvalue weighted by molar-refractivity contribution is 0.0986. The highest BCUT2D eigenvalue weighted by molar-refractivity contribution is 9.10. The van der Waals surface area contributed by atoms with E-state index in [1.54, 1.807) is 48.2 Å². The van der Waals surface area contributed by atoms with Crippen LogP contribution in [-0.4, -0.2) is 27.5 Å². The van der Waals surface area contributed by atoms with E-state index < -0.39 is 10.0 Å². The van der Waals surface area contributed by atoms with E-state index in [0.717, 1.165) is 15.7 Å². The smallest absolute Gasteiger partial charge is 0.265 e. The largest absolute Gasteiger partial charge is 0.492 e. The van der Waals surface area contributed by atoms with Crippen molar-refractivity contribution >= 4 is 59.2 Å². The number of ether oxygens (including phenoxy) is 1. The highest BCUT2D eigenvalue weighted by Gasteiger charge is 2.38. The van der Waals surface area contributed by atoms with Crippen LogP contribution in [0.4, 0.5) is 11.4 Å². The van der Waals surface area contributed by atoms with Crippen LogP contribution in [0.1, 0.15) is 36.7 Å². The van der Waals surface area contributed by atoms with Crippen LogP contribution in [0.15, 0.2) is 74.5 Å². The maximum atomic E-state index is 13.3. The van der Waals surface area contributed by atoms with Crippen molar-refractivity contribution in [3.8, 4) is 5.75 Å². The second-order valence-electron chi connectivity index (χ2n) is 8.64. The van der Waals surface area contributed by atoms with Gasteiger partial charge < -0.3 is 9.64 Å². The first-order valence-corrected chi connectivity index (χ1v) is 13.8. The number of carbonyl (C=O) groups excluding carboxylic acids is 1. The molecule has 0 saturated heterocycles. The fourth-order valence-corrected chi connectivity index (χ4v) is 6.15. The average Bonchev–Trinajstić information content (AvgIpc) is 3.05. The van der Waals surface area contributed by atoms with Crippen molar-refractivity contribution in [1.29, 1.82) is 0 Å². The molecule has 6 nitrogen and oxygen atoms in total. The van der Waals surface area contributed by atoms with Crippen molar-refractivity contribution in [2.24, 2.45) is 0 Å². The molecule has 0 fully saturated rings. The van der Waals surface area contributed by atoms with Gasteiger partial charge in [0.15, 0.2) is 0 Å². The van der Waals surface area contributed by atoms with Gasteiger partial charge in [-0.1, -0.05) is 45.7 Å². The van der Waals surface area contributed by atoms with Gasteiger partial charge in [-0.3, -0.25) is 9.52 Å². The molecule has 1 heterocycles. The van der Waals surface area contributed by atoms with Crippen molar-refractivity contribution in [2.75, 3.05) is 22.8 Å². The Morgan fingerprint density at radius 2 is 1.68 bits per heavy atom. The predicted octanol–water partition coefficient (Wildman–Crippen LogP) is 6.35. The first-order valence-electron chi connectivity index (χ1n) is 10.7. The number of hydrogen-bond donors (Lipinski definition) is 1. The first-order chi connectivity index (χ1) is 16.0. The summed E-state index contributed by atoms with van der Waals surface area (Å²) in [5, 5.41) is 0. The second kappa shape index (κ2) is 9.36. The zero-order chi connectivity index (χ0) is 24.7. The molecule has 3 aromatic rings. The Hall–Kier alpha value is -2.36. The Morgan fingerprint density at radius 1 is 1.03 bits per heavy atom. The van der Waals surface area contributed by atoms with E-state index in [9.17, 15) is 13.2 Å². The number of hydrogen-bond acceptors (Lipinski definition) is 4. The molecule has 0 aliphatic carbocycles. The van der Waals surface area contributed by atoms with Crippen molar-refractivity contribution in [2.45, 2.75) is 31.1 Å². The van der Waals surface area contributed by atoms with Crippen LogP contribution in [0.3, 0.4) is 0 Å². The molecule has 3 aromatic carbocycles. The third-order valence-corrected chi connectivity index (χ3v) is 8.05. The third kappa shape index (κ3) is 4.87. The van der Waals surface area contributed by atoms with Gasteiger partial charge in [-0.2, -0.15) is 0 Å². The Morgan fingerprint density at radius 3 is 2.35 bits per heavy atom. The quantitative estimate of drug-likeness (QED) is 0.354. The van der Waals surface area contributed by atoms with E-state index in [4.69, 9.17) is 4.74 Å². The number of anilines is 2. The molecule has 0 atom stereocenters. The van der Waals surface area contributed by atoms with Crippen LogP contribution in [0.2, 0.25) is 0 Å². The maximum Gasteiger partial charge on any atom is 0.265 e. The van der Waals surface area contributed by atoms with Crippen LogP contribution in [0.5, 0.6) is 5.75 Å². The summed E-state index contributed by atoms with van der Waals surface area (Å²) in [6.45, 7) is 6.92. The van der Waals surface area contributed by atoms with Gasteiger partial charge in [-0.05, 0) is 73.2 Å². The Bertz CT molecular complexity index is 1360. The fraction of sp³-hybridized carbons (Fsp3) is 0.240. The van der Waals surface area contributed by atoms with E-state index in [1.807, 2.05) is 12.1 Å². The summed E-state index contributed by atoms with van der Waals surface area (Å²) in [6, 6.07) is 17.2. The molecule has 4 rings (SSSR count). The number of amides is 1. The van der Waals surface area contributed by atoms with E-state index in [2.05, 4.69) is 56.5 Å². The lowest BCUT2D eigenvalue weighted by Crippen LogP contribution is -2.33. The van der Waals surface area contributed by atoms with Gasteiger partial charge in [0.05, 0.1) is 6.61 Å². The summed E-state index contributed by atoms with van der Waals surface area (Å²) in [6.07, 6.45) is 0. The van der Waals surface area contributed by atoms with Gasteiger partial charge >= 0.3 is 0 Å². The zero-order valence-electron chi connectivity index (χ0n) is 18.9. The van der Waals surface area contributed by atoms with Gasteiger partial charge in [0.2, 0.25) is 0 Å². The highest BCUT2D eigenvalue weighted by Crippen LogP contribution is 2.42. The number of nitrogens with one attached hydrogen (secondary N) is 1. The summed E-state index contributed by atoms with van der Waals surface area (Å²) in [7, 11) is -3.90. The highest BCUT2D eigenvalue weighted by atomic mass is 79.9. The van der Waals surface area contributed by atoms with Gasteiger partial charge in [-0.25, -0.2) is 8.42 Å². The molecule has 1 aliphatic rings. The Balaban J connectivity index is 1.57. The number of halogens is 2. The maximum absolute atomic E-state index is 13.3. The molecule has 1 aliphatic heterocycles. The van der Waals surface area contributed by atoms with Crippen molar-refractivity contribution in [3.63, 3.8) is 0 Å². The van der Waals surface area contributed by atoms with Crippen LogP contribution in [0.25, 0.3) is 0 Å². The number of nitrogens with zero attached hydrogens (tertiary/aromatic N) is 1. The lowest BCUT2D eigenvalue weighted by Gasteiger charge is -2.21. The standard InChI is InChI=1S/C25H24Br2N2O4S/c1-4-33-22-12-8-18(27)14-23(22)34(31,32)28-19-9-5-16(6-10-19)24(30)29-15-25(2,3)20-13-17(26)7-11-21(20)29/h5-14,28H,4,15H2,1-3H3. The topological polar surface area (TPSA) is 75.7 Å². The number of sulfonamides is 1. The minimum atomic E-state index is -3.90. The Labute approximate surface area is 216 Å². The Kier molecular flexibility index (Phi) is 6.81. The van der Waals surface area contributed by atoms with E-state index >= 15 is 0 Å². The summed E-state index contributed by atoms with van der Waals surface area (Å²) in [4.78, 5) is 15.1. The minimum absolute atomic E-state index is 0.0333. The molecule has 0 bridgehead atoms. The lowest BCUT2D eigenvalue weighted by atomic mass is 9.87. The molecule has 0 saturated carbocycles. The zero-order valence-corrected chi connectivity index (χ0v) is 22.9. The van der Waals surface area contributed by atoms with E-state index in [-0.39, 0.29) is 22.0 Å². The molecular weight excluding hydrogens is 584 g/mol. The third-order valence-electron chi connectivity index (χ3n) is 5.66. The van der Waals surface area contributed by atoms with E-state index in [0.29, 0.717) is 28.9 Å². The second-order valence-corrected chi connectivity index (χ2v) is 12.1. The van der Waals surface area contributed by atoms with Crippen LogP contribution in [-0.2, 0) is 15.4 Å². The fourth-order valence-electron chi connectivity index (χ4n) is 4.05.